The van der Waals surface area contributed by atoms with Crippen molar-refractivity contribution in [3.8, 4) is 11.3 Å². The predicted octanol–water partition coefficient (Wildman–Crippen LogP) is 4.02. The first-order chi connectivity index (χ1) is 13.5. The van der Waals surface area contributed by atoms with Crippen LogP contribution in [0, 0.1) is 6.92 Å². The van der Waals surface area contributed by atoms with E-state index in [4.69, 9.17) is 0 Å². The molecule has 0 spiro atoms. The summed E-state index contributed by atoms with van der Waals surface area (Å²) in [5, 5.41) is 5.83. The predicted molar refractivity (Wildman–Crippen MR) is 108 cm³/mol. The zero-order chi connectivity index (χ0) is 19.7. The maximum Gasteiger partial charge on any atom is 0.255 e. The Kier molecular flexibility index (Phi) is 4.75. The highest BCUT2D eigenvalue weighted by Crippen LogP contribution is 2.25. The van der Waals surface area contributed by atoms with Crippen LogP contribution in [0.1, 0.15) is 28.2 Å². The normalized spacial score (nSPS) is 13.8. The summed E-state index contributed by atoms with van der Waals surface area (Å²) >= 11 is 1.59. The third kappa shape index (κ3) is 3.57. The van der Waals surface area contributed by atoms with E-state index >= 15 is 0 Å². The molecule has 28 heavy (non-hydrogen) atoms. The standard InChI is InChI=1S/C21H17N3O3S/c1-13-22-18(12-28-13)14-5-7-16(8-6-14)23-21(27)15-3-2-4-17(11-15)24-19(25)9-10-20(24)26/h2-8,11-12H,9-10H2,1H3,(H,23,27). The second-order valence-corrected chi connectivity index (χ2v) is 7.52. The molecule has 1 aromatic heterocycles. The van der Waals surface area contributed by atoms with Crippen LogP contribution >= 0.6 is 11.3 Å². The van der Waals surface area contributed by atoms with Gasteiger partial charge < -0.3 is 5.32 Å². The number of hydrogen-bond donors (Lipinski definition) is 1. The lowest BCUT2D eigenvalue weighted by molar-refractivity contribution is -0.121. The molecule has 7 heteroatoms. The van der Waals surface area contributed by atoms with E-state index in [0.717, 1.165) is 21.2 Å². The first-order valence-electron chi connectivity index (χ1n) is 8.81. The van der Waals surface area contributed by atoms with E-state index < -0.39 is 0 Å². The van der Waals surface area contributed by atoms with Gasteiger partial charge in [0.15, 0.2) is 0 Å². The Bertz CT molecular complexity index is 1060. The highest BCUT2D eigenvalue weighted by molar-refractivity contribution is 7.09. The quantitative estimate of drug-likeness (QED) is 0.681. The fraction of sp³-hybridized carbons (Fsp3) is 0.143. The molecule has 0 unspecified atom stereocenters. The number of imide groups is 1. The molecule has 2 heterocycles. The highest BCUT2D eigenvalue weighted by Gasteiger charge is 2.30. The molecular formula is C21H17N3O3S. The second-order valence-electron chi connectivity index (χ2n) is 6.46. The topological polar surface area (TPSA) is 79.4 Å². The number of anilines is 2. The van der Waals surface area contributed by atoms with Crippen LogP contribution in [0.4, 0.5) is 11.4 Å². The molecule has 6 nitrogen and oxygen atoms in total. The van der Waals surface area contributed by atoms with Gasteiger partial charge in [0.25, 0.3) is 5.91 Å². The lowest BCUT2D eigenvalue weighted by atomic mass is 10.1. The number of hydrogen-bond acceptors (Lipinski definition) is 5. The molecule has 1 aliphatic rings. The molecule has 1 fully saturated rings. The summed E-state index contributed by atoms with van der Waals surface area (Å²) in [5.74, 6) is -0.788. The van der Waals surface area contributed by atoms with Gasteiger partial charge in [0, 0.05) is 35.0 Å². The van der Waals surface area contributed by atoms with Gasteiger partial charge in [-0.3, -0.25) is 19.3 Å². The Balaban J connectivity index is 1.50. The highest BCUT2D eigenvalue weighted by atomic mass is 32.1. The average molecular weight is 391 g/mol. The summed E-state index contributed by atoms with van der Waals surface area (Å²) in [6.45, 7) is 1.96. The number of amides is 3. The van der Waals surface area contributed by atoms with E-state index in [2.05, 4.69) is 10.3 Å². The summed E-state index contributed by atoms with van der Waals surface area (Å²) in [6, 6.07) is 14.0. The third-order valence-corrected chi connectivity index (χ3v) is 5.25. The van der Waals surface area contributed by atoms with Gasteiger partial charge in [0.2, 0.25) is 11.8 Å². The molecule has 2 aromatic carbocycles. The number of rotatable bonds is 4. The minimum atomic E-state index is -0.307. The van der Waals surface area contributed by atoms with Crippen molar-refractivity contribution in [2.45, 2.75) is 19.8 Å². The van der Waals surface area contributed by atoms with Gasteiger partial charge in [0.05, 0.1) is 16.4 Å². The van der Waals surface area contributed by atoms with E-state index in [0.29, 0.717) is 16.9 Å². The Morgan fingerprint density at radius 2 is 1.79 bits per heavy atom. The van der Waals surface area contributed by atoms with Crippen molar-refractivity contribution < 1.29 is 14.4 Å². The van der Waals surface area contributed by atoms with Crippen LogP contribution < -0.4 is 10.2 Å². The van der Waals surface area contributed by atoms with E-state index in [1.54, 1.807) is 35.6 Å². The molecule has 4 rings (SSSR count). The lowest BCUT2D eigenvalue weighted by Crippen LogP contribution is -2.28. The van der Waals surface area contributed by atoms with Crippen LogP contribution in [0.25, 0.3) is 11.3 Å². The molecule has 3 aromatic rings. The maximum atomic E-state index is 12.6. The number of carbonyl (C=O) groups is 3. The summed E-state index contributed by atoms with van der Waals surface area (Å²) < 4.78 is 0. The van der Waals surface area contributed by atoms with Gasteiger partial charge in [0.1, 0.15) is 0 Å². The van der Waals surface area contributed by atoms with Crippen molar-refractivity contribution in [3.63, 3.8) is 0 Å². The fourth-order valence-electron chi connectivity index (χ4n) is 3.07. The van der Waals surface area contributed by atoms with Crippen molar-refractivity contribution in [2.75, 3.05) is 10.2 Å². The summed E-state index contributed by atoms with van der Waals surface area (Å²) in [6.07, 6.45) is 0.417. The third-order valence-electron chi connectivity index (χ3n) is 4.48. The van der Waals surface area contributed by atoms with E-state index in [1.807, 2.05) is 36.6 Å². The minimum absolute atomic E-state index is 0.208. The zero-order valence-corrected chi connectivity index (χ0v) is 16.0. The minimum Gasteiger partial charge on any atom is -0.322 e. The van der Waals surface area contributed by atoms with Crippen molar-refractivity contribution in [1.29, 1.82) is 0 Å². The van der Waals surface area contributed by atoms with Gasteiger partial charge >= 0.3 is 0 Å². The van der Waals surface area contributed by atoms with Gasteiger partial charge in [-0.05, 0) is 37.3 Å². The molecule has 0 bridgehead atoms. The molecule has 140 valence electrons. The smallest absolute Gasteiger partial charge is 0.255 e. The number of nitrogens with one attached hydrogen (secondary N) is 1. The van der Waals surface area contributed by atoms with Crippen molar-refractivity contribution >= 4 is 40.4 Å². The number of thiazole rings is 1. The van der Waals surface area contributed by atoms with Crippen LogP contribution in [-0.4, -0.2) is 22.7 Å². The molecule has 1 N–H and O–H groups in total. The second kappa shape index (κ2) is 7.36. The van der Waals surface area contributed by atoms with Crippen molar-refractivity contribution in [2.24, 2.45) is 0 Å². The molecule has 1 aliphatic heterocycles. The van der Waals surface area contributed by atoms with Crippen molar-refractivity contribution in [3.05, 3.63) is 64.5 Å². The van der Waals surface area contributed by atoms with Gasteiger partial charge in [-0.25, -0.2) is 4.98 Å². The van der Waals surface area contributed by atoms with Crippen LogP contribution in [0.3, 0.4) is 0 Å². The number of benzene rings is 2. The van der Waals surface area contributed by atoms with Crippen LogP contribution in [0.15, 0.2) is 53.9 Å². The molecule has 0 saturated carbocycles. The Morgan fingerprint density at radius 1 is 1.07 bits per heavy atom. The van der Waals surface area contributed by atoms with Crippen LogP contribution in [-0.2, 0) is 9.59 Å². The molecule has 0 radical (unpaired) electrons. The van der Waals surface area contributed by atoms with Crippen molar-refractivity contribution in [1.82, 2.24) is 4.98 Å². The Morgan fingerprint density at radius 3 is 2.43 bits per heavy atom. The Hall–Kier alpha value is -3.32. The van der Waals surface area contributed by atoms with Gasteiger partial charge in [-0.1, -0.05) is 18.2 Å². The summed E-state index contributed by atoms with van der Waals surface area (Å²) in [7, 11) is 0. The fourth-order valence-corrected chi connectivity index (χ4v) is 3.70. The lowest BCUT2D eigenvalue weighted by Gasteiger charge is -2.15. The average Bonchev–Trinajstić information content (AvgIpc) is 3.27. The van der Waals surface area contributed by atoms with Gasteiger partial charge in [-0.15, -0.1) is 11.3 Å². The van der Waals surface area contributed by atoms with E-state index in [-0.39, 0.29) is 30.6 Å². The Labute approximate surface area is 165 Å². The number of aromatic nitrogens is 1. The maximum absolute atomic E-state index is 12.6. The molecule has 1 saturated heterocycles. The van der Waals surface area contributed by atoms with Gasteiger partial charge in [-0.2, -0.15) is 0 Å². The first-order valence-corrected chi connectivity index (χ1v) is 9.69. The molecule has 0 atom stereocenters. The molecule has 0 aliphatic carbocycles. The van der Waals surface area contributed by atoms with Crippen LogP contribution in [0.5, 0.6) is 0 Å². The monoisotopic (exact) mass is 391 g/mol. The zero-order valence-electron chi connectivity index (χ0n) is 15.1. The number of carbonyl (C=O) groups excluding carboxylic acids is 3. The van der Waals surface area contributed by atoms with E-state index in [1.165, 1.54) is 0 Å². The first kappa shape index (κ1) is 18.1. The van der Waals surface area contributed by atoms with Crippen LogP contribution in [0.2, 0.25) is 0 Å². The molecular weight excluding hydrogens is 374 g/mol. The molecule has 3 amide bonds. The number of aryl methyl sites for hydroxylation is 1. The largest absolute Gasteiger partial charge is 0.322 e. The number of nitrogens with zero attached hydrogens (tertiary/aromatic N) is 2. The SMILES string of the molecule is Cc1nc(-c2ccc(NC(=O)c3cccc(N4C(=O)CCC4=O)c3)cc2)cs1. The summed E-state index contributed by atoms with van der Waals surface area (Å²) in [4.78, 5) is 42.0. The van der Waals surface area contributed by atoms with E-state index in [9.17, 15) is 14.4 Å². The summed E-state index contributed by atoms with van der Waals surface area (Å²) in [5.41, 5.74) is 3.35.